The molecular weight excluding hydrogens is 249 g/mol. The van der Waals surface area contributed by atoms with Gasteiger partial charge < -0.3 is 11.1 Å². The lowest BCUT2D eigenvalue weighted by Crippen LogP contribution is -2.11. The molecule has 0 fully saturated rings. The molecule has 0 aliphatic carbocycles. The second-order valence-electron chi connectivity index (χ2n) is 3.87. The van der Waals surface area contributed by atoms with Gasteiger partial charge in [-0.2, -0.15) is 0 Å². The van der Waals surface area contributed by atoms with Crippen LogP contribution >= 0.6 is 12.2 Å². The summed E-state index contributed by atoms with van der Waals surface area (Å²) in [5, 5.41) is 3.09. The Morgan fingerprint density at radius 1 is 1.39 bits per heavy atom. The van der Waals surface area contributed by atoms with Gasteiger partial charge in [-0.1, -0.05) is 12.2 Å². The smallest absolute Gasteiger partial charge is 0.135 e. The molecule has 2 aromatic rings. The maximum atomic E-state index is 13.7. The number of hydrogen-bond acceptors (Lipinski definition) is 3. The number of rotatable bonds is 3. The molecule has 0 unspecified atom stereocenters. The quantitative estimate of drug-likeness (QED) is 0.834. The zero-order chi connectivity index (χ0) is 13.1. The second-order valence-corrected chi connectivity index (χ2v) is 4.31. The summed E-state index contributed by atoms with van der Waals surface area (Å²) in [4.78, 5) is 4.07. The number of benzene rings is 1. The van der Waals surface area contributed by atoms with Gasteiger partial charge in [0.15, 0.2) is 0 Å². The van der Waals surface area contributed by atoms with Crippen LogP contribution in [0.15, 0.2) is 36.7 Å². The van der Waals surface area contributed by atoms with E-state index in [-0.39, 0.29) is 10.6 Å². The van der Waals surface area contributed by atoms with Gasteiger partial charge in [0.2, 0.25) is 0 Å². The number of nitrogens with zero attached hydrogens (tertiary/aromatic N) is 1. The average Bonchev–Trinajstić information content (AvgIpc) is 2.32. The highest BCUT2D eigenvalue weighted by Crippen LogP contribution is 2.21. The molecular formula is C13H12FN3S. The van der Waals surface area contributed by atoms with Gasteiger partial charge in [0.25, 0.3) is 0 Å². The number of halogens is 1. The van der Waals surface area contributed by atoms with Gasteiger partial charge in [-0.25, -0.2) is 4.39 Å². The molecule has 0 radical (unpaired) electrons. The van der Waals surface area contributed by atoms with Gasteiger partial charge >= 0.3 is 0 Å². The summed E-state index contributed by atoms with van der Waals surface area (Å²) in [6, 6.07) is 6.53. The summed E-state index contributed by atoms with van der Waals surface area (Å²) in [5.74, 6) is -0.436. The van der Waals surface area contributed by atoms with Crippen molar-refractivity contribution in [3.63, 3.8) is 0 Å². The first-order valence-corrected chi connectivity index (χ1v) is 5.76. The molecule has 0 saturated heterocycles. The first kappa shape index (κ1) is 12.4. The molecule has 3 nitrogen and oxygen atoms in total. The maximum absolute atomic E-state index is 13.7. The van der Waals surface area contributed by atoms with Crippen molar-refractivity contribution in [2.24, 2.45) is 5.73 Å². The van der Waals surface area contributed by atoms with Crippen LogP contribution in [0.2, 0.25) is 0 Å². The molecule has 1 heterocycles. The highest BCUT2D eigenvalue weighted by molar-refractivity contribution is 7.80. The Morgan fingerprint density at radius 2 is 2.17 bits per heavy atom. The van der Waals surface area contributed by atoms with Crippen molar-refractivity contribution < 1.29 is 4.39 Å². The minimum atomic E-state index is -0.436. The minimum absolute atomic E-state index is 0.0524. The summed E-state index contributed by atoms with van der Waals surface area (Å²) in [7, 11) is 0. The average molecular weight is 261 g/mol. The predicted molar refractivity (Wildman–Crippen MR) is 74.5 cm³/mol. The van der Waals surface area contributed by atoms with E-state index in [4.69, 9.17) is 18.0 Å². The zero-order valence-electron chi connectivity index (χ0n) is 9.77. The lowest BCUT2D eigenvalue weighted by atomic mass is 10.2. The standard InChI is InChI=1S/C13H12FN3S/c1-8-4-5-16-7-12(8)17-9-2-3-10(13(15)18)11(14)6-9/h2-7,17H,1H3,(H2,15,18). The van der Waals surface area contributed by atoms with Crippen LogP contribution in [0.4, 0.5) is 15.8 Å². The fraction of sp³-hybridized carbons (Fsp3) is 0.0769. The molecule has 18 heavy (non-hydrogen) atoms. The van der Waals surface area contributed by atoms with Crippen molar-refractivity contribution in [1.82, 2.24) is 4.98 Å². The van der Waals surface area contributed by atoms with Gasteiger partial charge in [-0.3, -0.25) is 4.98 Å². The van der Waals surface area contributed by atoms with Crippen molar-refractivity contribution in [3.05, 3.63) is 53.6 Å². The third-order valence-corrected chi connectivity index (χ3v) is 2.77. The minimum Gasteiger partial charge on any atom is -0.389 e. The van der Waals surface area contributed by atoms with Crippen LogP contribution in [-0.2, 0) is 0 Å². The van der Waals surface area contributed by atoms with E-state index >= 15 is 0 Å². The molecule has 5 heteroatoms. The van der Waals surface area contributed by atoms with E-state index in [1.165, 1.54) is 6.07 Å². The Hall–Kier alpha value is -2.01. The molecule has 92 valence electrons. The number of pyridine rings is 1. The SMILES string of the molecule is Cc1ccncc1Nc1ccc(C(N)=S)c(F)c1. The molecule has 0 saturated carbocycles. The Bertz CT molecular complexity index is 599. The molecule has 2 rings (SSSR count). The van der Waals surface area contributed by atoms with E-state index in [0.717, 1.165) is 11.3 Å². The Kier molecular flexibility index (Phi) is 3.53. The molecule has 0 atom stereocenters. The maximum Gasteiger partial charge on any atom is 0.135 e. The van der Waals surface area contributed by atoms with Gasteiger partial charge in [0, 0.05) is 17.4 Å². The van der Waals surface area contributed by atoms with Crippen LogP contribution in [-0.4, -0.2) is 9.97 Å². The van der Waals surface area contributed by atoms with E-state index in [0.29, 0.717) is 5.69 Å². The van der Waals surface area contributed by atoms with Gasteiger partial charge in [-0.15, -0.1) is 0 Å². The highest BCUT2D eigenvalue weighted by Gasteiger charge is 2.06. The first-order valence-electron chi connectivity index (χ1n) is 5.35. The van der Waals surface area contributed by atoms with E-state index in [9.17, 15) is 4.39 Å². The van der Waals surface area contributed by atoms with Gasteiger partial charge in [0.05, 0.1) is 11.9 Å². The number of nitrogens with one attached hydrogen (secondary N) is 1. The monoisotopic (exact) mass is 261 g/mol. The van der Waals surface area contributed by atoms with Crippen molar-refractivity contribution >= 4 is 28.6 Å². The molecule has 1 aromatic heterocycles. The van der Waals surface area contributed by atoms with Crippen molar-refractivity contribution in [1.29, 1.82) is 0 Å². The normalized spacial score (nSPS) is 10.1. The van der Waals surface area contributed by atoms with E-state index in [1.807, 2.05) is 13.0 Å². The molecule has 0 aliphatic heterocycles. The molecule has 0 bridgehead atoms. The Balaban J connectivity index is 2.29. The molecule has 0 amide bonds. The molecule has 1 aromatic carbocycles. The first-order chi connectivity index (χ1) is 8.58. The third kappa shape index (κ3) is 2.62. The third-order valence-electron chi connectivity index (χ3n) is 2.55. The summed E-state index contributed by atoms with van der Waals surface area (Å²) >= 11 is 4.75. The Morgan fingerprint density at radius 3 is 2.78 bits per heavy atom. The number of aryl methyl sites for hydroxylation is 1. The summed E-state index contributed by atoms with van der Waals surface area (Å²) in [5.41, 5.74) is 8.14. The number of thiocarbonyl (C=S) groups is 1. The lowest BCUT2D eigenvalue weighted by Gasteiger charge is -2.10. The largest absolute Gasteiger partial charge is 0.389 e. The van der Waals surface area contributed by atoms with Crippen molar-refractivity contribution in [3.8, 4) is 0 Å². The molecule has 0 aliphatic rings. The fourth-order valence-corrected chi connectivity index (χ4v) is 1.71. The van der Waals surface area contributed by atoms with Crippen LogP contribution in [0.5, 0.6) is 0 Å². The van der Waals surface area contributed by atoms with E-state index in [1.54, 1.807) is 24.5 Å². The predicted octanol–water partition coefficient (Wildman–Crippen LogP) is 2.91. The molecule has 0 spiro atoms. The van der Waals surface area contributed by atoms with Crippen LogP contribution in [0, 0.1) is 12.7 Å². The summed E-state index contributed by atoms with van der Waals surface area (Å²) in [6.45, 7) is 1.95. The second kappa shape index (κ2) is 5.10. The molecule has 3 N–H and O–H groups in total. The zero-order valence-corrected chi connectivity index (χ0v) is 10.6. The number of hydrogen-bond donors (Lipinski definition) is 2. The number of anilines is 2. The lowest BCUT2D eigenvalue weighted by molar-refractivity contribution is 0.626. The van der Waals surface area contributed by atoms with Gasteiger partial charge in [0.1, 0.15) is 10.8 Å². The van der Waals surface area contributed by atoms with Crippen LogP contribution in [0.3, 0.4) is 0 Å². The van der Waals surface area contributed by atoms with Crippen LogP contribution in [0.1, 0.15) is 11.1 Å². The van der Waals surface area contributed by atoms with Crippen LogP contribution in [0.25, 0.3) is 0 Å². The number of nitrogens with two attached hydrogens (primary N) is 1. The highest BCUT2D eigenvalue weighted by atomic mass is 32.1. The number of aromatic nitrogens is 1. The van der Waals surface area contributed by atoms with Crippen molar-refractivity contribution in [2.45, 2.75) is 6.92 Å². The fourth-order valence-electron chi connectivity index (χ4n) is 1.54. The van der Waals surface area contributed by atoms with Crippen molar-refractivity contribution in [2.75, 3.05) is 5.32 Å². The topological polar surface area (TPSA) is 50.9 Å². The Labute approximate surface area is 110 Å². The summed E-state index contributed by atoms with van der Waals surface area (Å²) in [6.07, 6.45) is 3.39. The van der Waals surface area contributed by atoms with Crippen LogP contribution < -0.4 is 11.1 Å². The van der Waals surface area contributed by atoms with E-state index < -0.39 is 5.82 Å². The van der Waals surface area contributed by atoms with E-state index in [2.05, 4.69) is 10.3 Å². The van der Waals surface area contributed by atoms with Gasteiger partial charge in [-0.05, 0) is 36.8 Å². The summed E-state index contributed by atoms with van der Waals surface area (Å²) < 4.78 is 13.7.